The van der Waals surface area contributed by atoms with Crippen LogP contribution in [0.2, 0.25) is 0 Å². The third kappa shape index (κ3) is 5.83. The highest BCUT2D eigenvalue weighted by atomic mass is 15.1. The van der Waals surface area contributed by atoms with Crippen LogP contribution in [0.3, 0.4) is 0 Å². The van der Waals surface area contributed by atoms with E-state index >= 15 is 0 Å². The van der Waals surface area contributed by atoms with E-state index in [1.165, 1.54) is 5.56 Å². The summed E-state index contributed by atoms with van der Waals surface area (Å²) in [5.74, 6) is 0.726. The van der Waals surface area contributed by atoms with Gasteiger partial charge >= 0.3 is 0 Å². The molecule has 0 atom stereocenters. The fraction of sp³-hybridized carbons (Fsp3) is 0.615. The van der Waals surface area contributed by atoms with Crippen LogP contribution < -0.4 is 5.32 Å². The van der Waals surface area contributed by atoms with Crippen LogP contribution in [-0.2, 0) is 6.54 Å². The van der Waals surface area contributed by atoms with Crippen LogP contribution in [0.15, 0.2) is 24.5 Å². The van der Waals surface area contributed by atoms with Gasteiger partial charge in [0.15, 0.2) is 0 Å². The second-order valence-corrected chi connectivity index (χ2v) is 4.70. The number of aromatic nitrogens is 1. The second-order valence-electron chi connectivity index (χ2n) is 4.70. The predicted molar refractivity (Wildman–Crippen MR) is 68.3 cm³/mol. The molecule has 0 amide bonds. The van der Waals surface area contributed by atoms with Gasteiger partial charge in [-0.05, 0) is 31.1 Å². The van der Waals surface area contributed by atoms with Crippen molar-refractivity contribution in [1.29, 1.82) is 0 Å². The van der Waals surface area contributed by atoms with E-state index in [1.807, 2.05) is 18.5 Å². The SMILES string of the molecule is CC(C)CNCCN(C)Cc1cccnc1. The Morgan fingerprint density at radius 3 is 2.88 bits per heavy atom. The van der Waals surface area contributed by atoms with E-state index < -0.39 is 0 Å². The first-order chi connectivity index (χ1) is 7.68. The van der Waals surface area contributed by atoms with Crippen molar-refractivity contribution in [3.63, 3.8) is 0 Å². The maximum Gasteiger partial charge on any atom is 0.0312 e. The standard InChI is InChI=1S/C13H23N3/c1-12(2)9-15-7-8-16(3)11-13-5-4-6-14-10-13/h4-6,10,12,15H,7-9,11H2,1-3H3. The van der Waals surface area contributed by atoms with E-state index in [4.69, 9.17) is 0 Å². The topological polar surface area (TPSA) is 28.2 Å². The summed E-state index contributed by atoms with van der Waals surface area (Å²) < 4.78 is 0. The van der Waals surface area contributed by atoms with Crippen molar-refractivity contribution in [3.05, 3.63) is 30.1 Å². The van der Waals surface area contributed by atoms with Gasteiger partial charge in [-0.3, -0.25) is 4.98 Å². The molecule has 1 rings (SSSR count). The first kappa shape index (κ1) is 13.1. The van der Waals surface area contributed by atoms with E-state index in [2.05, 4.69) is 42.2 Å². The summed E-state index contributed by atoms with van der Waals surface area (Å²) in [6.07, 6.45) is 3.74. The molecule has 0 fully saturated rings. The van der Waals surface area contributed by atoms with E-state index in [-0.39, 0.29) is 0 Å². The number of pyridine rings is 1. The highest BCUT2D eigenvalue weighted by Crippen LogP contribution is 1.99. The number of nitrogens with one attached hydrogen (secondary N) is 1. The van der Waals surface area contributed by atoms with Crippen molar-refractivity contribution in [2.24, 2.45) is 5.92 Å². The zero-order valence-electron chi connectivity index (χ0n) is 10.6. The molecular formula is C13H23N3. The van der Waals surface area contributed by atoms with Gasteiger partial charge < -0.3 is 10.2 Å². The van der Waals surface area contributed by atoms with Crippen LogP contribution in [0.25, 0.3) is 0 Å². The van der Waals surface area contributed by atoms with Gasteiger partial charge in [0.2, 0.25) is 0 Å². The van der Waals surface area contributed by atoms with Crippen LogP contribution in [0, 0.1) is 5.92 Å². The molecule has 0 aliphatic heterocycles. The maximum atomic E-state index is 4.12. The van der Waals surface area contributed by atoms with Crippen molar-refractivity contribution in [3.8, 4) is 0 Å². The molecule has 0 radical (unpaired) electrons. The lowest BCUT2D eigenvalue weighted by atomic mass is 10.2. The second kappa shape index (κ2) is 7.36. The zero-order valence-corrected chi connectivity index (χ0v) is 10.6. The molecule has 0 unspecified atom stereocenters. The molecule has 0 aliphatic carbocycles. The first-order valence-corrected chi connectivity index (χ1v) is 5.96. The Morgan fingerprint density at radius 2 is 2.25 bits per heavy atom. The van der Waals surface area contributed by atoms with Gasteiger partial charge in [0.1, 0.15) is 0 Å². The number of hydrogen-bond donors (Lipinski definition) is 1. The Labute approximate surface area is 98.9 Å². The number of hydrogen-bond acceptors (Lipinski definition) is 3. The summed E-state index contributed by atoms with van der Waals surface area (Å²) in [6, 6.07) is 4.10. The molecule has 16 heavy (non-hydrogen) atoms. The summed E-state index contributed by atoms with van der Waals surface area (Å²) in [7, 11) is 2.14. The van der Waals surface area contributed by atoms with Crippen LogP contribution in [0.5, 0.6) is 0 Å². The molecule has 0 saturated heterocycles. The van der Waals surface area contributed by atoms with E-state index in [9.17, 15) is 0 Å². The number of likely N-dealkylation sites (N-methyl/N-ethyl adjacent to an activating group) is 1. The van der Waals surface area contributed by atoms with Crippen molar-refractivity contribution in [1.82, 2.24) is 15.2 Å². The van der Waals surface area contributed by atoms with Crippen LogP contribution >= 0.6 is 0 Å². The lowest BCUT2D eigenvalue weighted by molar-refractivity contribution is 0.321. The van der Waals surface area contributed by atoms with Crippen molar-refractivity contribution < 1.29 is 0 Å². The van der Waals surface area contributed by atoms with Gasteiger partial charge in [0.05, 0.1) is 0 Å². The minimum absolute atomic E-state index is 0.726. The Bertz CT molecular complexity index is 272. The summed E-state index contributed by atoms with van der Waals surface area (Å²) in [4.78, 5) is 6.42. The molecule has 0 bridgehead atoms. The normalized spacial score (nSPS) is 11.3. The minimum atomic E-state index is 0.726. The molecule has 1 aromatic heterocycles. The zero-order chi connectivity index (χ0) is 11.8. The molecule has 0 aliphatic rings. The lowest BCUT2D eigenvalue weighted by Gasteiger charge is -2.17. The Balaban J connectivity index is 2.14. The first-order valence-electron chi connectivity index (χ1n) is 5.96. The molecule has 1 N–H and O–H groups in total. The quantitative estimate of drug-likeness (QED) is 0.711. The highest BCUT2D eigenvalue weighted by molar-refractivity contribution is 5.07. The Morgan fingerprint density at radius 1 is 1.44 bits per heavy atom. The molecule has 0 spiro atoms. The third-order valence-corrected chi connectivity index (χ3v) is 2.40. The molecule has 1 heterocycles. The number of nitrogens with zero attached hydrogens (tertiary/aromatic N) is 2. The monoisotopic (exact) mass is 221 g/mol. The summed E-state index contributed by atoms with van der Waals surface area (Å²) in [5.41, 5.74) is 1.27. The molecule has 1 aromatic rings. The summed E-state index contributed by atoms with van der Waals surface area (Å²) in [5, 5.41) is 3.44. The smallest absolute Gasteiger partial charge is 0.0312 e. The van der Waals surface area contributed by atoms with Gasteiger partial charge in [-0.15, -0.1) is 0 Å². The Kier molecular flexibility index (Phi) is 6.04. The van der Waals surface area contributed by atoms with Crippen LogP contribution in [0.4, 0.5) is 0 Å². The lowest BCUT2D eigenvalue weighted by Crippen LogP contribution is -2.30. The molecule has 90 valence electrons. The van der Waals surface area contributed by atoms with Gasteiger partial charge in [-0.25, -0.2) is 0 Å². The molecular weight excluding hydrogens is 198 g/mol. The maximum absolute atomic E-state index is 4.12. The summed E-state index contributed by atoms with van der Waals surface area (Å²) >= 11 is 0. The van der Waals surface area contributed by atoms with Crippen molar-refractivity contribution >= 4 is 0 Å². The molecule has 3 heteroatoms. The van der Waals surface area contributed by atoms with Crippen LogP contribution in [-0.4, -0.2) is 36.6 Å². The van der Waals surface area contributed by atoms with Gasteiger partial charge in [0.25, 0.3) is 0 Å². The Hall–Kier alpha value is -0.930. The average molecular weight is 221 g/mol. The summed E-state index contributed by atoms with van der Waals surface area (Å²) in [6.45, 7) is 8.65. The molecule has 3 nitrogen and oxygen atoms in total. The average Bonchev–Trinajstić information content (AvgIpc) is 2.25. The van der Waals surface area contributed by atoms with Gasteiger partial charge in [0, 0.05) is 32.0 Å². The molecule has 0 saturated carbocycles. The fourth-order valence-electron chi connectivity index (χ4n) is 1.54. The van der Waals surface area contributed by atoms with E-state index in [0.717, 1.165) is 32.1 Å². The van der Waals surface area contributed by atoms with E-state index in [0.29, 0.717) is 0 Å². The minimum Gasteiger partial charge on any atom is -0.315 e. The highest BCUT2D eigenvalue weighted by Gasteiger charge is 2.00. The van der Waals surface area contributed by atoms with Crippen molar-refractivity contribution in [2.45, 2.75) is 20.4 Å². The fourth-order valence-corrected chi connectivity index (χ4v) is 1.54. The van der Waals surface area contributed by atoms with Crippen molar-refractivity contribution in [2.75, 3.05) is 26.7 Å². The predicted octanol–water partition coefficient (Wildman–Crippen LogP) is 1.76. The largest absolute Gasteiger partial charge is 0.315 e. The molecule has 0 aromatic carbocycles. The van der Waals surface area contributed by atoms with E-state index in [1.54, 1.807) is 0 Å². The van der Waals surface area contributed by atoms with Gasteiger partial charge in [-0.1, -0.05) is 19.9 Å². The third-order valence-electron chi connectivity index (χ3n) is 2.40. The number of rotatable bonds is 7. The van der Waals surface area contributed by atoms with Crippen LogP contribution in [0.1, 0.15) is 19.4 Å². The van der Waals surface area contributed by atoms with Gasteiger partial charge in [-0.2, -0.15) is 0 Å².